The van der Waals surface area contributed by atoms with Crippen molar-refractivity contribution in [1.29, 1.82) is 0 Å². The molecule has 0 N–H and O–H groups in total. The molecule has 0 aliphatic rings. The van der Waals surface area contributed by atoms with Crippen LogP contribution in [0.5, 0.6) is 0 Å². The lowest BCUT2D eigenvalue weighted by atomic mass is 10.8. The molecule has 0 saturated heterocycles. The van der Waals surface area contributed by atoms with Crippen molar-refractivity contribution < 1.29 is 4.21 Å². The van der Waals surface area contributed by atoms with E-state index in [1.807, 2.05) is 0 Å². The van der Waals surface area contributed by atoms with Gasteiger partial charge in [0.15, 0.2) is 0 Å². The van der Waals surface area contributed by atoms with Crippen LogP contribution in [0.15, 0.2) is 9.00 Å². The maximum Gasteiger partial charge on any atom is 0.262 e. The smallest absolute Gasteiger partial charge is 0.262 e. The average molecular weight is 263 g/mol. The molecule has 0 bridgehead atoms. The van der Waals surface area contributed by atoms with Crippen LogP contribution in [0, 0.1) is 0 Å². The molecular formula is C5H4Cl2O2S3. The molecule has 0 radical (unpaired) electrons. The Morgan fingerprint density at radius 3 is 2.50 bits per heavy atom. The molecule has 7 heteroatoms. The molecule has 2 nitrogen and oxygen atoms in total. The van der Waals surface area contributed by atoms with Gasteiger partial charge in [-0.25, -0.2) is 0 Å². The number of rotatable bonds is 3. The Kier molecular flexibility index (Phi) is 4.19. The fourth-order valence-electron chi connectivity index (χ4n) is 0.533. The first kappa shape index (κ1) is 10.7. The minimum atomic E-state index is -1.21. The van der Waals surface area contributed by atoms with E-state index in [4.69, 9.17) is 23.2 Å². The van der Waals surface area contributed by atoms with Crippen molar-refractivity contribution in [2.75, 3.05) is 11.6 Å². The summed E-state index contributed by atoms with van der Waals surface area (Å²) in [6, 6.07) is 0. The Balaban J connectivity index is 2.96. The van der Waals surface area contributed by atoms with E-state index >= 15 is 0 Å². The summed E-state index contributed by atoms with van der Waals surface area (Å²) in [6.45, 7) is 0. The Hall–Kier alpha value is 0.580. The predicted molar refractivity (Wildman–Crippen MR) is 55.5 cm³/mol. The Bertz CT molecular complexity index is 343. The van der Waals surface area contributed by atoms with Gasteiger partial charge in [0, 0.05) is 11.6 Å². The van der Waals surface area contributed by atoms with E-state index in [2.05, 4.69) is 0 Å². The van der Waals surface area contributed by atoms with E-state index in [0.717, 1.165) is 20.7 Å². The molecule has 0 aliphatic carbocycles. The lowest BCUT2D eigenvalue weighted by Crippen LogP contribution is -1.99. The molecule has 0 saturated carbocycles. The lowest BCUT2D eigenvalue weighted by molar-refractivity contribution is 0.685. The fourth-order valence-corrected chi connectivity index (χ4v) is 5.45. The number of hydrogen-bond acceptors (Lipinski definition) is 4. The van der Waals surface area contributed by atoms with Crippen molar-refractivity contribution in [3.63, 3.8) is 0 Å². The summed E-state index contributed by atoms with van der Waals surface area (Å²) in [6.07, 6.45) is 0. The highest BCUT2D eigenvalue weighted by Gasteiger charge is 2.13. The van der Waals surface area contributed by atoms with Gasteiger partial charge in [0.05, 0.1) is 10.8 Å². The first-order chi connectivity index (χ1) is 5.66. The van der Waals surface area contributed by atoms with Crippen LogP contribution in [0.1, 0.15) is 0 Å². The molecule has 1 atom stereocenters. The molecule has 0 spiro atoms. The van der Waals surface area contributed by atoms with Gasteiger partial charge in [-0.2, -0.15) is 0 Å². The van der Waals surface area contributed by atoms with E-state index < -0.39 is 10.8 Å². The lowest BCUT2D eigenvalue weighted by Gasteiger charge is -1.93. The summed E-state index contributed by atoms with van der Waals surface area (Å²) < 4.78 is 11.5. The second kappa shape index (κ2) is 4.72. The molecule has 1 aromatic rings. The third-order valence-electron chi connectivity index (χ3n) is 1.02. The summed E-state index contributed by atoms with van der Waals surface area (Å²) in [7, 11) is 0.957. The quantitative estimate of drug-likeness (QED) is 0.618. The van der Waals surface area contributed by atoms with Gasteiger partial charge in [-0.15, -0.1) is 11.6 Å². The molecule has 1 unspecified atom stereocenters. The molecule has 1 rings (SSSR count). The third-order valence-corrected chi connectivity index (χ3v) is 6.45. The van der Waals surface area contributed by atoms with Crippen LogP contribution in [0.2, 0.25) is 5.02 Å². The summed E-state index contributed by atoms with van der Waals surface area (Å²) in [4.78, 5) is 10.9. The van der Waals surface area contributed by atoms with Gasteiger partial charge >= 0.3 is 0 Å². The second-order valence-electron chi connectivity index (χ2n) is 1.79. The van der Waals surface area contributed by atoms with Crippen LogP contribution < -0.4 is 4.74 Å². The van der Waals surface area contributed by atoms with Crippen molar-refractivity contribution in [2.45, 2.75) is 4.21 Å². The standard InChI is InChI=1S/C5H4Cl2O2S3/c6-1-2-12(9)5-3(7)4(8)10-11-5/h1-2H2. The topological polar surface area (TPSA) is 34.1 Å². The molecule has 0 aliphatic heterocycles. The molecule has 1 aromatic heterocycles. The molecule has 68 valence electrons. The zero-order valence-electron chi connectivity index (χ0n) is 5.71. The van der Waals surface area contributed by atoms with Gasteiger partial charge in [-0.3, -0.25) is 9.00 Å². The summed E-state index contributed by atoms with van der Waals surface area (Å²) >= 11 is 11.0. The van der Waals surface area contributed by atoms with Crippen LogP contribution >= 0.6 is 43.9 Å². The summed E-state index contributed by atoms with van der Waals surface area (Å²) in [5.74, 6) is 0.646. The number of halogens is 2. The molecule has 0 amide bonds. The third kappa shape index (κ3) is 2.29. The van der Waals surface area contributed by atoms with E-state index in [-0.39, 0.29) is 9.77 Å². The van der Waals surface area contributed by atoms with Crippen LogP contribution in [0.25, 0.3) is 0 Å². The van der Waals surface area contributed by atoms with Gasteiger partial charge < -0.3 is 0 Å². The van der Waals surface area contributed by atoms with Crippen molar-refractivity contribution in [1.82, 2.24) is 0 Å². The van der Waals surface area contributed by atoms with E-state index in [9.17, 15) is 9.00 Å². The molecule has 0 fully saturated rings. The highest BCUT2D eigenvalue weighted by Crippen LogP contribution is 2.24. The van der Waals surface area contributed by atoms with E-state index in [1.54, 1.807) is 0 Å². The Morgan fingerprint density at radius 1 is 1.42 bits per heavy atom. The van der Waals surface area contributed by atoms with Crippen LogP contribution in [-0.4, -0.2) is 15.8 Å². The van der Waals surface area contributed by atoms with Gasteiger partial charge in [0.2, 0.25) is 0 Å². The van der Waals surface area contributed by atoms with Gasteiger partial charge in [-0.1, -0.05) is 21.9 Å². The first-order valence-corrected chi connectivity index (χ1v) is 7.28. The van der Waals surface area contributed by atoms with Gasteiger partial charge in [0.25, 0.3) is 4.74 Å². The maximum atomic E-state index is 11.3. The summed E-state index contributed by atoms with van der Waals surface area (Å²) in [5.41, 5.74) is 0. The molecule has 0 aromatic carbocycles. The van der Waals surface area contributed by atoms with Crippen molar-refractivity contribution in [2.24, 2.45) is 0 Å². The normalized spacial score (nSPS) is 13.2. The van der Waals surface area contributed by atoms with Crippen LogP contribution in [0.3, 0.4) is 0 Å². The maximum absolute atomic E-state index is 11.3. The Labute approximate surface area is 89.0 Å². The van der Waals surface area contributed by atoms with Crippen LogP contribution in [-0.2, 0) is 10.8 Å². The average Bonchev–Trinajstić information content (AvgIpc) is 2.34. The SMILES string of the molecule is O=c1ssc(S(=O)CCCl)c1Cl. The minimum Gasteiger partial charge on any atom is -0.275 e. The van der Waals surface area contributed by atoms with Gasteiger partial charge in [0.1, 0.15) is 9.23 Å². The zero-order valence-corrected chi connectivity index (χ0v) is 9.67. The number of hydrogen-bond donors (Lipinski definition) is 0. The second-order valence-corrected chi connectivity index (χ2v) is 6.43. The van der Waals surface area contributed by atoms with Crippen molar-refractivity contribution in [3.8, 4) is 0 Å². The monoisotopic (exact) mass is 262 g/mol. The largest absolute Gasteiger partial charge is 0.275 e. The van der Waals surface area contributed by atoms with Crippen molar-refractivity contribution in [3.05, 3.63) is 14.6 Å². The highest BCUT2D eigenvalue weighted by atomic mass is 35.5. The Morgan fingerprint density at radius 2 is 2.08 bits per heavy atom. The first-order valence-electron chi connectivity index (χ1n) is 2.89. The zero-order chi connectivity index (χ0) is 9.14. The minimum absolute atomic E-state index is 0.0912. The molecule has 1 heterocycles. The highest BCUT2D eigenvalue weighted by molar-refractivity contribution is 7.90. The van der Waals surface area contributed by atoms with Crippen molar-refractivity contribution >= 4 is 54.7 Å². The molecule has 12 heavy (non-hydrogen) atoms. The predicted octanol–water partition coefficient (Wildman–Crippen LogP) is 2.17. The fraction of sp³-hybridized carbons (Fsp3) is 0.400. The number of alkyl halides is 1. The molecular weight excluding hydrogens is 259 g/mol. The summed E-state index contributed by atoms with van der Waals surface area (Å²) in [5, 5.41) is 0.0912. The van der Waals surface area contributed by atoms with E-state index in [0.29, 0.717) is 15.8 Å². The van der Waals surface area contributed by atoms with Crippen LogP contribution in [0.4, 0.5) is 0 Å². The van der Waals surface area contributed by atoms with Gasteiger partial charge in [-0.05, 0) is 10.3 Å². The van der Waals surface area contributed by atoms with E-state index in [1.165, 1.54) is 0 Å².